The van der Waals surface area contributed by atoms with Crippen molar-refractivity contribution in [2.75, 3.05) is 29.1 Å². The number of carbonyl (C=O) groups is 3. The van der Waals surface area contributed by atoms with Crippen molar-refractivity contribution >= 4 is 40.9 Å². The lowest BCUT2D eigenvalue weighted by molar-refractivity contribution is -0.121. The van der Waals surface area contributed by atoms with Crippen molar-refractivity contribution < 1.29 is 23.5 Å². The summed E-state index contributed by atoms with van der Waals surface area (Å²) in [4.78, 5) is 40.1. The van der Waals surface area contributed by atoms with Crippen LogP contribution in [0.2, 0.25) is 0 Å². The highest BCUT2D eigenvalue weighted by atomic mass is 32.2. The molecular formula is C23H20N2O5S. The molecule has 158 valence electrons. The number of benzene rings is 2. The Hall–Kier alpha value is -3.52. The molecule has 2 aromatic carbocycles. The quantitative estimate of drug-likeness (QED) is 0.605. The minimum absolute atomic E-state index is 0.165. The summed E-state index contributed by atoms with van der Waals surface area (Å²) in [7, 11) is 0. The maximum atomic E-state index is 12.7. The Morgan fingerprint density at radius 3 is 2.77 bits per heavy atom. The first-order chi connectivity index (χ1) is 15.0. The highest BCUT2D eigenvalue weighted by Crippen LogP contribution is 2.34. The number of nitrogens with zero attached hydrogens (tertiary/aromatic N) is 1. The van der Waals surface area contributed by atoms with Crippen molar-refractivity contribution in [1.29, 1.82) is 0 Å². The molecule has 0 fully saturated rings. The molecule has 0 atom stereocenters. The minimum Gasteiger partial charge on any atom is -0.459 e. The zero-order chi connectivity index (χ0) is 21.8. The van der Waals surface area contributed by atoms with Gasteiger partial charge in [-0.3, -0.25) is 9.59 Å². The first-order valence-electron chi connectivity index (χ1n) is 9.68. The molecule has 0 saturated carbocycles. The minimum atomic E-state index is -0.637. The summed E-state index contributed by atoms with van der Waals surface area (Å²) in [5, 5.41) is 2.72. The number of ether oxygens (including phenoxy) is 1. The zero-order valence-electron chi connectivity index (χ0n) is 16.8. The van der Waals surface area contributed by atoms with Gasteiger partial charge in [-0.2, -0.15) is 0 Å². The fraction of sp³-hybridized carbons (Fsp3) is 0.174. The number of thioether (sulfide) groups is 1. The summed E-state index contributed by atoms with van der Waals surface area (Å²) in [6, 6.07) is 15.6. The molecule has 3 aromatic rings. The number of para-hydroxylation sites is 1. The second-order valence-electron chi connectivity index (χ2n) is 6.90. The molecule has 0 radical (unpaired) electrons. The third-order valence-corrected chi connectivity index (χ3v) is 5.87. The van der Waals surface area contributed by atoms with Crippen molar-refractivity contribution in [3.63, 3.8) is 0 Å². The maximum Gasteiger partial charge on any atom is 0.338 e. The van der Waals surface area contributed by atoms with Gasteiger partial charge in [0.2, 0.25) is 0 Å². The Morgan fingerprint density at radius 1 is 1.13 bits per heavy atom. The summed E-state index contributed by atoms with van der Waals surface area (Å²) < 4.78 is 10.3. The van der Waals surface area contributed by atoms with Gasteiger partial charge in [-0.05, 0) is 48.9 Å². The van der Waals surface area contributed by atoms with Crippen molar-refractivity contribution in [3.05, 3.63) is 77.7 Å². The number of carbonyl (C=O) groups excluding carboxylic acids is 3. The number of rotatable bonds is 5. The van der Waals surface area contributed by atoms with E-state index in [0.717, 1.165) is 21.9 Å². The second-order valence-corrected chi connectivity index (χ2v) is 8.04. The number of nitrogens with one attached hydrogen (secondary N) is 1. The fourth-order valence-corrected chi connectivity index (χ4v) is 4.19. The van der Waals surface area contributed by atoms with E-state index in [4.69, 9.17) is 9.15 Å². The van der Waals surface area contributed by atoms with Crippen LogP contribution in [0.25, 0.3) is 0 Å². The van der Waals surface area contributed by atoms with E-state index in [0.29, 0.717) is 12.2 Å². The second kappa shape index (κ2) is 9.09. The van der Waals surface area contributed by atoms with E-state index in [2.05, 4.69) is 5.32 Å². The van der Waals surface area contributed by atoms with Gasteiger partial charge < -0.3 is 19.4 Å². The molecule has 8 heteroatoms. The standard InChI is InChI=1S/C23H20N2O5S/c1-15-8-9-16(13-17(15)24-22(27)19-6-4-11-29-19)23(28)30-14-21(26)25-10-12-31-20-7-3-2-5-18(20)25/h2-9,11,13H,10,12,14H2,1H3,(H,24,27). The van der Waals surface area contributed by atoms with Gasteiger partial charge in [-0.1, -0.05) is 18.2 Å². The molecule has 0 saturated heterocycles. The number of fused-ring (bicyclic) bond motifs is 1. The highest BCUT2D eigenvalue weighted by molar-refractivity contribution is 7.99. The number of furan rings is 1. The van der Waals surface area contributed by atoms with E-state index in [-0.39, 0.29) is 23.8 Å². The number of amides is 2. The summed E-state index contributed by atoms with van der Waals surface area (Å²) in [5.74, 6) is -0.387. The average Bonchev–Trinajstić information content (AvgIpc) is 3.33. The van der Waals surface area contributed by atoms with Crippen LogP contribution in [0.5, 0.6) is 0 Å². The molecule has 0 aliphatic carbocycles. The van der Waals surface area contributed by atoms with Crippen LogP contribution in [-0.4, -0.2) is 36.7 Å². The Balaban J connectivity index is 1.41. The largest absolute Gasteiger partial charge is 0.459 e. The molecule has 2 heterocycles. The van der Waals surface area contributed by atoms with Crippen LogP contribution in [-0.2, 0) is 9.53 Å². The first kappa shape index (κ1) is 20.7. The maximum absolute atomic E-state index is 12.7. The van der Waals surface area contributed by atoms with Gasteiger partial charge >= 0.3 is 5.97 Å². The van der Waals surface area contributed by atoms with E-state index in [1.807, 2.05) is 31.2 Å². The number of esters is 1. The van der Waals surface area contributed by atoms with Crippen LogP contribution in [0, 0.1) is 6.92 Å². The van der Waals surface area contributed by atoms with Crippen molar-refractivity contribution in [2.24, 2.45) is 0 Å². The van der Waals surface area contributed by atoms with Crippen molar-refractivity contribution in [3.8, 4) is 0 Å². The number of aryl methyl sites for hydroxylation is 1. The predicted octanol–water partition coefficient (Wildman–Crippen LogP) is 4.14. The number of hydrogen-bond acceptors (Lipinski definition) is 6. The normalized spacial score (nSPS) is 12.7. The molecule has 1 N–H and O–H groups in total. The smallest absolute Gasteiger partial charge is 0.338 e. The van der Waals surface area contributed by atoms with Gasteiger partial charge in [-0.15, -0.1) is 11.8 Å². The lowest BCUT2D eigenvalue weighted by atomic mass is 10.1. The Bertz CT molecular complexity index is 1130. The molecule has 4 rings (SSSR count). The Kier molecular flexibility index (Phi) is 6.08. The lowest BCUT2D eigenvalue weighted by Crippen LogP contribution is -2.38. The van der Waals surface area contributed by atoms with Gasteiger partial charge in [0.05, 0.1) is 17.5 Å². The van der Waals surface area contributed by atoms with Crippen LogP contribution < -0.4 is 10.2 Å². The summed E-state index contributed by atoms with van der Waals surface area (Å²) in [6.07, 6.45) is 1.41. The van der Waals surface area contributed by atoms with E-state index in [1.165, 1.54) is 12.3 Å². The molecule has 7 nitrogen and oxygen atoms in total. The van der Waals surface area contributed by atoms with E-state index in [1.54, 1.807) is 40.9 Å². The summed E-state index contributed by atoms with van der Waals surface area (Å²) >= 11 is 1.69. The van der Waals surface area contributed by atoms with Crippen molar-refractivity contribution in [2.45, 2.75) is 11.8 Å². The Labute approximate surface area is 183 Å². The fourth-order valence-electron chi connectivity index (χ4n) is 3.19. The van der Waals surface area contributed by atoms with Gasteiger partial charge in [0.25, 0.3) is 11.8 Å². The molecule has 1 aliphatic heterocycles. The molecule has 0 spiro atoms. The van der Waals surface area contributed by atoms with Gasteiger partial charge in [0.15, 0.2) is 12.4 Å². The van der Waals surface area contributed by atoms with Crippen LogP contribution in [0.3, 0.4) is 0 Å². The van der Waals surface area contributed by atoms with E-state index >= 15 is 0 Å². The first-order valence-corrected chi connectivity index (χ1v) is 10.7. The zero-order valence-corrected chi connectivity index (χ0v) is 17.6. The lowest BCUT2D eigenvalue weighted by Gasteiger charge is -2.28. The molecule has 31 heavy (non-hydrogen) atoms. The molecule has 1 aromatic heterocycles. The van der Waals surface area contributed by atoms with Crippen molar-refractivity contribution in [1.82, 2.24) is 0 Å². The number of hydrogen-bond donors (Lipinski definition) is 1. The van der Waals surface area contributed by atoms with Crippen LogP contribution >= 0.6 is 11.8 Å². The highest BCUT2D eigenvalue weighted by Gasteiger charge is 2.24. The Morgan fingerprint density at radius 2 is 1.97 bits per heavy atom. The average molecular weight is 436 g/mol. The molecule has 2 amide bonds. The van der Waals surface area contributed by atoms with Crippen LogP contribution in [0.4, 0.5) is 11.4 Å². The molecule has 1 aliphatic rings. The topological polar surface area (TPSA) is 88.9 Å². The summed E-state index contributed by atoms with van der Waals surface area (Å²) in [5.41, 5.74) is 2.31. The number of anilines is 2. The van der Waals surface area contributed by atoms with Crippen LogP contribution in [0.15, 0.2) is 70.2 Å². The molecular weight excluding hydrogens is 416 g/mol. The molecule has 0 unspecified atom stereocenters. The molecule has 0 bridgehead atoms. The van der Waals surface area contributed by atoms with Gasteiger partial charge in [0, 0.05) is 22.9 Å². The third-order valence-electron chi connectivity index (χ3n) is 4.82. The predicted molar refractivity (Wildman–Crippen MR) is 118 cm³/mol. The van der Waals surface area contributed by atoms with E-state index in [9.17, 15) is 14.4 Å². The monoisotopic (exact) mass is 436 g/mol. The third kappa shape index (κ3) is 4.64. The van der Waals surface area contributed by atoms with Gasteiger partial charge in [-0.25, -0.2) is 4.79 Å². The SMILES string of the molecule is Cc1ccc(C(=O)OCC(=O)N2CCSc3ccccc32)cc1NC(=O)c1ccco1. The van der Waals surface area contributed by atoms with Gasteiger partial charge in [0.1, 0.15) is 0 Å². The van der Waals surface area contributed by atoms with Crippen LogP contribution in [0.1, 0.15) is 26.5 Å². The summed E-state index contributed by atoms with van der Waals surface area (Å²) in [6.45, 7) is 2.01. The van der Waals surface area contributed by atoms with E-state index < -0.39 is 11.9 Å².